The molecule has 0 radical (unpaired) electrons. The molecule has 2 aromatic rings. The van der Waals surface area contributed by atoms with Crippen LogP contribution in [-0.4, -0.2) is 27.9 Å². The predicted octanol–water partition coefficient (Wildman–Crippen LogP) is 3.17. The van der Waals surface area contributed by atoms with Crippen LogP contribution in [0.4, 0.5) is 0 Å². The fraction of sp³-hybridized carbons (Fsp3) is 0.389. The number of carboxylic acids is 1. The lowest BCUT2D eigenvalue weighted by Crippen LogP contribution is -2.32. The van der Waals surface area contributed by atoms with E-state index < -0.39 is 12.0 Å². The lowest BCUT2D eigenvalue weighted by Gasteiger charge is -2.19. The summed E-state index contributed by atoms with van der Waals surface area (Å²) in [5.74, 6) is 0.492. The van der Waals surface area contributed by atoms with Crippen LogP contribution in [0.25, 0.3) is 0 Å². The molecule has 7 heteroatoms. The van der Waals surface area contributed by atoms with E-state index in [9.17, 15) is 9.59 Å². The van der Waals surface area contributed by atoms with E-state index in [0.717, 1.165) is 28.1 Å². The number of hydrogen-bond acceptors (Lipinski definition) is 5. The zero-order valence-electron chi connectivity index (χ0n) is 14.5. The van der Waals surface area contributed by atoms with Gasteiger partial charge in [-0.15, -0.1) is 11.8 Å². The molecule has 2 N–H and O–H groups in total. The number of thioether (sulfide) groups is 1. The summed E-state index contributed by atoms with van der Waals surface area (Å²) in [6.07, 6.45) is -0.148. The predicted molar refractivity (Wildman–Crippen MR) is 96.5 cm³/mol. The Balaban J connectivity index is 1.95. The van der Waals surface area contributed by atoms with Gasteiger partial charge in [0.15, 0.2) is 0 Å². The van der Waals surface area contributed by atoms with Crippen molar-refractivity contribution >= 4 is 23.6 Å². The molecule has 1 heterocycles. The molecule has 1 aromatic carbocycles. The smallest absolute Gasteiger partial charge is 0.305 e. The number of rotatable bonds is 8. The van der Waals surface area contributed by atoms with Crippen molar-refractivity contribution in [2.45, 2.75) is 39.0 Å². The Hall–Kier alpha value is -2.28. The van der Waals surface area contributed by atoms with Gasteiger partial charge in [-0.25, -0.2) is 0 Å². The van der Waals surface area contributed by atoms with Gasteiger partial charge in [-0.2, -0.15) is 0 Å². The monoisotopic (exact) mass is 362 g/mol. The molecular weight excluding hydrogens is 340 g/mol. The fourth-order valence-electron chi connectivity index (χ4n) is 2.58. The summed E-state index contributed by atoms with van der Waals surface area (Å²) in [7, 11) is 0. The molecule has 0 saturated heterocycles. The topological polar surface area (TPSA) is 92.4 Å². The standard InChI is InChI=1S/C18H22N2O4S/c1-11-6-4-5-7-14(11)16(8-18(22)23)19-17(21)10-25-9-15-12(2)20-24-13(15)3/h4-7,16H,8-10H2,1-3H3,(H,19,21)(H,22,23). The number of nitrogens with zero attached hydrogens (tertiary/aromatic N) is 1. The van der Waals surface area contributed by atoms with Crippen LogP contribution in [0.5, 0.6) is 0 Å². The third-order valence-electron chi connectivity index (χ3n) is 3.94. The van der Waals surface area contributed by atoms with Gasteiger partial charge in [0.1, 0.15) is 5.76 Å². The summed E-state index contributed by atoms with van der Waals surface area (Å²) in [6, 6.07) is 6.95. The van der Waals surface area contributed by atoms with Gasteiger partial charge in [-0.1, -0.05) is 29.4 Å². The second kappa shape index (κ2) is 8.71. The van der Waals surface area contributed by atoms with E-state index in [1.165, 1.54) is 11.8 Å². The molecule has 134 valence electrons. The number of aryl methyl sites for hydroxylation is 3. The highest BCUT2D eigenvalue weighted by atomic mass is 32.2. The van der Waals surface area contributed by atoms with E-state index in [1.807, 2.05) is 45.0 Å². The van der Waals surface area contributed by atoms with Gasteiger partial charge in [0.25, 0.3) is 0 Å². The first-order valence-electron chi connectivity index (χ1n) is 7.94. The molecule has 1 unspecified atom stereocenters. The summed E-state index contributed by atoms with van der Waals surface area (Å²) in [5.41, 5.74) is 3.61. The molecular formula is C18H22N2O4S. The van der Waals surface area contributed by atoms with Gasteiger partial charge in [0, 0.05) is 11.3 Å². The van der Waals surface area contributed by atoms with Gasteiger partial charge in [-0.05, 0) is 31.9 Å². The molecule has 0 fully saturated rings. The van der Waals surface area contributed by atoms with Crippen LogP contribution in [0.15, 0.2) is 28.8 Å². The third kappa shape index (κ3) is 5.35. The van der Waals surface area contributed by atoms with E-state index in [-0.39, 0.29) is 18.1 Å². The van der Waals surface area contributed by atoms with Crippen molar-refractivity contribution in [1.82, 2.24) is 10.5 Å². The number of amides is 1. The van der Waals surface area contributed by atoms with Crippen molar-refractivity contribution < 1.29 is 19.2 Å². The molecule has 0 bridgehead atoms. The Bertz CT molecular complexity index is 738. The largest absolute Gasteiger partial charge is 0.481 e. The van der Waals surface area contributed by atoms with Gasteiger partial charge in [-0.3, -0.25) is 9.59 Å². The number of benzene rings is 1. The highest BCUT2D eigenvalue weighted by Crippen LogP contribution is 2.22. The highest BCUT2D eigenvalue weighted by Gasteiger charge is 2.19. The first-order valence-corrected chi connectivity index (χ1v) is 9.10. The number of hydrogen-bond donors (Lipinski definition) is 2. The SMILES string of the molecule is Cc1ccccc1C(CC(=O)O)NC(=O)CSCc1c(C)noc1C. The first kappa shape index (κ1) is 19.1. The first-order chi connectivity index (χ1) is 11.9. The summed E-state index contributed by atoms with van der Waals surface area (Å²) >= 11 is 1.45. The van der Waals surface area contributed by atoms with Gasteiger partial charge < -0.3 is 14.9 Å². The average molecular weight is 362 g/mol. The maximum atomic E-state index is 12.3. The lowest BCUT2D eigenvalue weighted by molar-refractivity contribution is -0.137. The average Bonchev–Trinajstić information content (AvgIpc) is 2.86. The summed E-state index contributed by atoms with van der Waals surface area (Å²) in [5, 5.41) is 15.9. The Morgan fingerprint density at radius 1 is 1.28 bits per heavy atom. The maximum absolute atomic E-state index is 12.3. The van der Waals surface area contributed by atoms with E-state index >= 15 is 0 Å². The molecule has 1 amide bonds. The van der Waals surface area contributed by atoms with Gasteiger partial charge in [0.2, 0.25) is 5.91 Å². The second-order valence-electron chi connectivity index (χ2n) is 5.87. The molecule has 25 heavy (non-hydrogen) atoms. The minimum atomic E-state index is -0.947. The van der Waals surface area contributed by atoms with Crippen LogP contribution in [0.3, 0.4) is 0 Å². The quantitative estimate of drug-likeness (QED) is 0.749. The number of aliphatic carboxylic acids is 1. The van der Waals surface area contributed by atoms with Crippen LogP contribution >= 0.6 is 11.8 Å². The van der Waals surface area contributed by atoms with Crippen LogP contribution in [-0.2, 0) is 15.3 Å². The molecule has 0 saturated carbocycles. The van der Waals surface area contributed by atoms with E-state index in [1.54, 1.807) is 0 Å². The molecule has 2 rings (SSSR count). The summed E-state index contributed by atoms with van der Waals surface area (Å²) in [6.45, 7) is 5.62. The van der Waals surface area contributed by atoms with E-state index in [2.05, 4.69) is 10.5 Å². The van der Waals surface area contributed by atoms with E-state index in [4.69, 9.17) is 9.63 Å². The summed E-state index contributed by atoms with van der Waals surface area (Å²) in [4.78, 5) is 23.4. The second-order valence-corrected chi connectivity index (χ2v) is 6.86. The van der Waals surface area contributed by atoms with Crippen LogP contribution in [0.2, 0.25) is 0 Å². The van der Waals surface area contributed by atoms with Crippen molar-refractivity contribution in [3.05, 3.63) is 52.4 Å². The lowest BCUT2D eigenvalue weighted by atomic mass is 9.99. The molecule has 1 aromatic heterocycles. The number of carbonyl (C=O) groups excluding carboxylic acids is 1. The number of carbonyl (C=O) groups is 2. The zero-order chi connectivity index (χ0) is 18.4. The van der Waals surface area contributed by atoms with Crippen molar-refractivity contribution in [3.8, 4) is 0 Å². The Labute approximate surface area is 151 Å². The molecule has 6 nitrogen and oxygen atoms in total. The zero-order valence-corrected chi connectivity index (χ0v) is 15.4. The number of aromatic nitrogens is 1. The van der Waals surface area contributed by atoms with Crippen LogP contribution in [0.1, 0.15) is 40.6 Å². The normalized spacial score (nSPS) is 12.0. The summed E-state index contributed by atoms with van der Waals surface area (Å²) < 4.78 is 5.10. The molecule has 0 aliphatic carbocycles. The van der Waals surface area contributed by atoms with Crippen molar-refractivity contribution in [3.63, 3.8) is 0 Å². The van der Waals surface area contributed by atoms with Gasteiger partial charge in [0.05, 0.1) is 23.9 Å². The number of nitrogens with one attached hydrogen (secondary N) is 1. The van der Waals surface area contributed by atoms with Crippen molar-refractivity contribution in [1.29, 1.82) is 0 Å². The minimum absolute atomic E-state index is 0.148. The highest BCUT2D eigenvalue weighted by molar-refractivity contribution is 7.99. The van der Waals surface area contributed by atoms with Crippen LogP contribution < -0.4 is 5.32 Å². The molecule has 1 atom stereocenters. The minimum Gasteiger partial charge on any atom is -0.481 e. The van der Waals surface area contributed by atoms with Crippen molar-refractivity contribution in [2.75, 3.05) is 5.75 Å². The fourth-order valence-corrected chi connectivity index (χ4v) is 3.57. The molecule has 0 spiro atoms. The van der Waals surface area contributed by atoms with E-state index in [0.29, 0.717) is 5.75 Å². The maximum Gasteiger partial charge on any atom is 0.305 e. The Morgan fingerprint density at radius 2 is 2.00 bits per heavy atom. The van der Waals surface area contributed by atoms with Gasteiger partial charge >= 0.3 is 5.97 Å². The number of carboxylic acid groups (broad SMARTS) is 1. The Kier molecular flexibility index (Phi) is 6.64. The molecule has 0 aliphatic rings. The molecule has 0 aliphatic heterocycles. The third-order valence-corrected chi connectivity index (χ3v) is 4.90. The van der Waals surface area contributed by atoms with Crippen molar-refractivity contribution in [2.24, 2.45) is 0 Å². The Morgan fingerprint density at radius 3 is 2.60 bits per heavy atom. The van der Waals surface area contributed by atoms with Crippen LogP contribution in [0, 0.1) is 20.8 Å².